The topological polar surface area (TPSA) is 58.2 Å². The summed E-state index contributed by atoms with van der Waals surface area (Å²) in [6.45, 7) is 4.96. The zero-order valence-corrected chi connectivity index (χ0v) is 13.2. The standard InChI is InChI=1S/C17H21N3O2/c1-11-15(12(2)19-18-11)9-20(3)17(21)14-8-13-6-4-5-7-16(13)22-10-14/h4-7,14H,8-10H2,1-3H3,(H,18,19)/t14-/m1/s1. The molecule has 0 saturated heterocycles. The third-order valence-electron chi connectivity index (χ3n) is 4.28. The van der Waals surface area contributed by atoms with E-state index in [1.165, 1.54) is 0 Å². The van der Waals surface area contributed by atoms with Gasteiger partial charge in [-0.3, -0.25) is 9.89 Å². The van der Waals surface area contributed by atoms with Crippen molar-refractivity contribution in [1.82, 2.24) is 15.1 Å². The second-order valence-electron chi connectivity index (χ2n) is 5.93. The number of carbonyl (C=O) groups is 1. The van der Waals surface area contributed by atoms with Crippen LogP contribution in [0.1, 0.15) is 22.5 Å². The average Bonchev–Trinajstić information content (AvgIpc) is 2.85. The van der Waals surface area contributed by atoms with Gasteiger partial charge in [0.2, 0.25) is 5.91 Å². The number of carbonyl (C=O) groups excluding carboxylic acids is 1. The fourth-order valence-electron chi connectivity index (χ4n) is 2.92. The van der Waals surface area contributed by atoms with Gasteiger partial charge in [0, 0.05) is 24.8 Å². The van der Waals surface area contributed by atoms with Gasteiger partial charge in [0.25, 0.3) is 0 Å². The number of ether oxygens (including phenoxy) is 1. The lowest BCUT2D eigenvalue weighted by atomic mass is 9.95. The van der Waals surface area contributed by atoms with Crippen LogP contribution in [-0.4, -0.2) is 34.7 Å². The summed E-state index contributed by atoms with van der Waals surface area (Å²) in [6.07, 6.45) is 0.739. The number of aryl methyl sites for hydroxylation is 2. The van der Waals surface area contributed by atoms with Crippen LogP contribution in [0.15, 0.2) is 24.3 Å². The molecule has 5 nitrogen and oxygen atoms in total. The highest BCUT2D eigenvalue weighted by Crippen LogP contribution is 2.28. The van der Waals surface area contributed by atoms with Crippen LogP contribution in [0.5, 0.6) is 5.75 Å². The molecular weight excluding hydrogens is 278 g/mol. The van der Waals surface area contributed by atoms with E-state index in [4.69, 9.17) is 4.74 Å². The Labute approximate surface area is 130 Å². The molecule has 22 heavy (non-hydrogen) atoms. The Morgan fingerprint density at radius 2 is 2.18 bits per heavy atom. The molecule has 1 N–H and O–H groups in total. The lowest BCUT2D eigenvalue weighted by Gasteiger charge is -2.28. The maximum Gasteiger partial charge on any atom is 0.229 e. The molecule has 0 bridgehead atoms. The molecule has 0 aliphatic carbocycles. The summed E-state index contributed by atoms with van der Waals surface area (Å²) in [5.74, 6) is 0.901. The molecule has 1 aromatic carbocycles. The van der Waals surface area contributed by atoms with Crippen molar-refractivity contribution in [1.29, 1.82) is 0 Å². The molecule has 116 valence electrons. The summed E-state index contributed by atoms with van der Waals surface area (Å²) in [4.78, 5) is 14.4. The first-order valence-corrected chi connectivity index (χ1v) is 7.52. The largest absolute Gasteiger partial charge is 0.492 e. The van der Waals surface area contributed by atoms with E-state index in [2.05, 4.69) is 10.2 Å². The monoisotopic (exact) mass is 299 g/mol. The number of benzene rings is 1. The Hall–Kier alpha value is -2.30. The molecule has 0 saturated carbocycles. The van der Waals surface area contributed by atoms with Gasteiger partial charge in [0.05, 0.1) is 11.6 Å². The second kappa shape index (κ2) is 5.83. The SMILES string of the molecule is Cc1n[nH]c(C)c1CN(C)C(=O)[C@H]1COc2ccccc2C1. The molecule has 0 fully saturated rings. The molecule has 1 atom stereocenters. The molecule has 1 aliphatic heterocycles. The average molecular weight is 299 g/mol. The Bertz CT molecular complexity index is 673. The van der Waals surface area contributed by atoms with E-state index in [1.54, 1.807) is 4.90 Å². The van der Waals surface area contributed by atoms with Crippen LogP contribution in [0.2, 0.25) is 0 Å². The quantitative estimate of drug-likeness (QED) is 0.945. The highest BCUT2D eigenvalue weighted by molar-refractivity contribution is 5.79. The first kappa shape index (κ1) is 14.6. The molecule has 0 spiro atoms. The van der Waals surface area contributed by atoms with Gasteiger partial charge in [-0.05, 0) is 31.9 Å². The Morgan fingerprint density at radius 1 is 1.41 bits per heavy atom. The van der Waals surface area contributed by atoms with Gasteiger partial charge < -0.3 is 9.64 Å². The Kier molecular flexibility index (Phi) is 3.88. The fraction of sp³-hybridized carbons (Fsp3) is 0.412. The molecule has 5 heteroatoms. The highest BCUT2D eigenvalue weighted by atomic mass is 16.5. The van der Waals surface area contributed by atoms with Crippen molar-refractivity contribution in [2.75, 3.05) is 13.7 Å². The van der Waals surface area contributed by atoms with E-state index in [-0.39, 0.29) is 11.8 Å². The van der Waals surface area contributed by atoms with E-state index < -0.39 is 0 Å². The lowest BCUT2D eigenvalue weighted by molar-refractivity contribution is -0.136. The summed E-state index contributed by atoms with van der Waals surface area (Å²) < 4.78 is 5.72. The summed E-state index contributed by atoms with van der Waals surface area (Å²) in [5.41, 5.74) is 4.16. The summed E-state index contributed by atoms with van der Waals surface area (Å²) in [6, 6.07) is 7.92. The molecule has 1 aliphatic rings. The van der Waals surface area contributed by atoms with Gasteiger partial charge in [-0.1, -0.05) is 18.2 Å². The number of H-pyrrole nitrogens is 1. The summed E-state index contributed by atoms with van der Waals surface area (Å²) >= 11 is 0. The fourth-order valence-corrected chi connectivity index (χ4v) is 2.92. The maximum atomic E-state index is 12.7. The molecule has 3 rings (SSSR count). The molecule has 0 radical (unpaired) electrons. The van der Waals surface area contributed by atoms with Crippen molar-refractivity contribution in [3.05, 3.63) is 46.8 Å². The number of aromatic nitrogens is 2. The van der Waals surface area contributed by atoms with Crippen molar-refractivity contribution >= 4 is 5.91 Å². The van der Waals surface area contributed by atoms with Crippen LogP contribution in [0.25, 0.3) is 0 Å². The molecule has 1 aromatic heterocycles. The Balaban J connectivity index is 1.69. The van der Waals surface area contributed by atoms with Crippen LogP contribution < -0.4 is 4.74 Å². The van der Waals surface area contributed by atoms with Crippen LogP contribution in [0.3, 0.4) is 0 Å². The van der Waals surface area contributed by atoms with Gasteiger partial charge in [-0.15, -0.1) is 0 Å². The number of hydrogen-bond donors (Lipinski definition) is 1. The third kappa shape index (κ3) is 2.71. The van der Waals surface area contributed by atoms with E-state index >= 15 is 0 Å². The van der Waals surface area contributed by atoms with Gasteiger partial charge in [0.1, 0.15) is 12.4 Å². The third-order valence-corrected chi connectivity index (χ3v) is 4.28. The van der Waals surface area contributed by atoms with Gasteiger partial charge in [0.15, 0.2) is 0 Å². The van der Waals surface area contributed by atoms with Gasteiger partial charge in [-0.2, -0.15) is 5.10 Å². The van der Waals surface area contributed by atoms with Crippen LogP contribution in [0.4, 0.5) is 0 Å². The normalized spacial score (nSPS) is 16.8. The minimum Gasteiger partial charge on any atom is -0.492 e. The minimum atomic E-state index is -0.118. The van der Waals surface area contributed by atoms with E-state index in [0.717, 1.165) is 34.7 Å². The van der Waals surface area contributed by atoms with Crippen LogP contribution >= 0.6 is 0 Å². The molecule has 2 heterocycles. The van der Waals surface area contributed by atoms with Crippen LogP contribution in [-0.2, 0) is 17.8 Å². The number of hydrogen-bond acceptors (Lipinski definition) is 3. The Morgan fingerprint density at radius 3 is 2.91 bits per heavy atom. The minimum absolute atomic E-state index is 0.118. The lowest BCUT2D eigenvalue weighted by Crippen LogP contribution is -2.38. The number of para-hydroxylation sites is 1. The van der Waals surface area contributed by atoms with Crippen molar-refractivity contribution in [3.8, 4) is 5.75 Å². The molecule has 1 amide bonds. The molecule has 2 aromatic rings. The molecular formula is C17H21N3O2. The summed E-state index contributed by atoms with van der Waals surface area (Å²) in [5, 5.41) is 7.14. The van der Waals surface area contributed by atoms with Crippen molar-refractivity contribution in [2.24, 2.45) is 5.92 Å². The van der Waals surface area contributed by atoms with E-state index in [0.29, 0.717) is 13.2 Å². The van der Waals surface area contributed by atoms with Gasteiger partial charge >= 0.3 is 0 Å². The number of amides is 1. The van der Waals surface area contributed by atoms with E-state index in [9.17, 15) is 4.79 Å². The van der Waals surface area contributed by atoms with Crippen molar-refractivity contribution in [2.45, 2.75) is 26.8 Å². The number of aromatic amines is 1. The first-order valence-electron chi connectivity index (χ1n) is 7.52. The summed E-state index contributed by atoms with van der Waals surface area (Å²) in [7, 11) is 1.84. The predicted molar refractivity (Wildman–Crippen MR) is 83.7 cm³/mol. The number of fused-ring (bicyclic) bond motifs is 1. The zero-order valence-electron chi connectivity index (χ0n) is 13.2. The zero-order chi connectivity index (χ0) is 15.7. The maximum absolute atomic E-state index is 12.7. The van der Waals surface area contributed by atoms with Crippen molar-refractivity contribution in [3.63, 3.8) is 0 Å². The first-order chi connectivity index (χ1) is 10.6. The molecule has 0 unspecified atom stereocenters. The van der Waals surface area contributed by atoms with Crippen molar-refractivity contribution < 1.29 is 9.53 Å². The van der Waals surface area contributed by atoms with E-state index in [1.807, 2.05) is 45.2 Å². The smallest absolute Gasteiger partial charge is 0.229 e. The van der Waals surface area contributed by atoms with Gasteiger partial charge in [-0.25, -0.2) is 0 Å². The number of nitrogens with one attached hydrogen (secondary N) is 1. The second-order valence-corrected chi connectivity index (χ2v) is 5.93. The predicted octanol–water partition coefficient (Wildman–Crippen LogP) is 2.24. The number of rotatable bonds is 3. The highest BCUT2D eigenvalue weighted by Gasteiger charge is 2.28. The van der Waals surface area contributed by atoms with Crippen LogP contribution in [0, 0.1) is 19.8 Å². The number of nitrogens with zero attached hydrogens (tertiary/aromatic N) is 2.